The summed E-state index contributed by atoms with van der Waals surface area (Å²) in [6.45, 7) is 2.03. The van der Waals surface area contributed by atoms with Crippen LogP contribution in [0.25, 0.3) is 0 Å². The maximum Gasteiger partial charge on any atom is 0.255 e. The lowest BCUT2D eigenvalue weighted by Gasteiger charge is -2.25. The van der Waals surface area contributed by atoms with E-state index in [-0.39, 0.29) is 24.9 Å². The second-order valence-electron chi connectivity index (χ2n) is 4.96. The molecule has 20 heavy (non-hydrogen) atoms. The minimum absolute atomic E-state index is 0. The molecule has 1 heterocycles. The van der Waals surface area contributed by atoms with Crippen LogP contribution in [0.3, 0.4) is 0 Å². The van der Waals surface area contributed by atoms with Crippen molar-refractivity contribution in [1.29, 1.82) is 0 Å². The molecule has 4 nitrogen and oxygen atoms in total. The number of piperidine rings is 1. The Morgan fingerprint density at radius 1 is 1.40 bits per heavy atom. The van der Waals surface area contributed by atoms with Crippen LogP contribution < -0.4 is 5.32 Å². The first-order chi connectivity index (χ1) is 9.13. The number of carbonyl (C=O) groups excluding carboxylic acids is 1. The van der Waals surface area contributed by atoms with Gasteiger partial charge in [0.15, 0.2) is 0 Å². The van der Waals surface area contributed by atoms with Crippen LogP contribution in [0.2, 0.25) is 0 Å². The van der Waals surface area contributed by atoms with Gasteiger partial charge in [0, 0.05) is 20.1 Å². The van der Waals surface area contributed by atoms with E-state index in [1.54, 1.807) is 0 Å². The Bertz CT molecular complexity index is 265. The highest BCUT2D eigenvalue weighted by Gasteiger charge is 2.20. The summed E-state index contributed by atoms with van der Waals surface area (Å²) in [6.07, 6.45) is 0.814. The SMILES string of the molecule is COCCN(CC(F)F)C(=O)CCC1CCNCC1.Cl. The van der Waals surface area contributed by atoms with E-state index in [0.29, 0.717) is 18.9 Å². The number of alkyl halides is 2. The Balaban J connectivity index is 0.00000361. The Kier molecular flexibility index (Phi) is 11.0. The van der Waals surface area contributed by atoms with E-state index in [4.69, 9.17) is 4.74 Å². The van der Waals surface area contributed by atoms with Crippen LogP contribution in [-0.4, -0.2) is 57.1 Å². The molecule has 1 saturated heterocycles. The van der Waals surface area contributed by atoms with Gasteiger partial charge in [0.25, 0.3) is 6.43 Å². The second kappa shape index (κ2) is 11.2. The first kappa shape index (κ1) is 19.5. The molecule has 0 aromatic carbocycles. The van der Waals surface area contributed by atoms with E-state index in [9.17, 15) is 13.6 Å². The lowest BCUT2D eigenvalue weighted by molar-refractivity contribution is -0.134. The average Bonchev–Trinajstić information content (AvgIpc) is 2.41. The number of rotatable bonds is 8. The van der Waals surface area contributed by atoms with E-state index < -0.39 is 13.0 Å². The van der Waals surface area contributed by atoms with Crippen molar-refractivity contribution in [2.45, 2.75) is 32.1 Å². The first-order valence-electron chi connectivity index (χ1n) is 6.89. The average molecular weight is 315 g/mol. The molecule has 1 aliphatic rings. The molecule has 1 amide bonds. The molecule has 120 valence electrons. The fraction of sp³-hybridized carbons (Fsp3) is 0.923. The van der Waals surface area contributed by atoms with Gasteiger partial charge in [-0.1, -0.05) is 0 Å². The second-order valence-corrected chi connectivity index (χ2v) is 4.96. The Morgan fingerprint density at radius 3 is 2.60 bits per heavy atom. The van der Waals surface area contributed by atoms with Crippen molar-refractivity contribution in [3.8, 4) is 0 Å². The molecule has 1 aliphatic heterocycles. The van der Waals surface area contributed by atoms with Gasteiger partial charge >= 0.3 is 0 Å². The minimum atomic E-state index is -2.49. The number of amides is 1. The lowest BCUT2D eigenvalue weighted by Crippen LogP contribution is -2.38. The fourth-order valence-corrected chi connectivity index (χ4v) is 2.34. The number of hydrogen-bond acceptors (Lipinski definition) is 3. The molecule has 7 heteroatoms. The van der Waals surface area contributed by atoms with Crippen molar-refractivity contribution < 1.29 is 18.3 Å². The van der Waals surface area contributed by atoms with Gasteiger partial charge in [-0.25, -0.2) is 8.78 Å². The molecule has 0 spiro atoms. The van der Waals surface area contributed by atoms with Crippen molar-refractivity contribution in [2.75, 3.05) is 39.9 Å². The monoisotopic (exact) mass is 314 g/mol. The number of methoxy groups -OCH3 is 1. The maximum absolute atomic E-state index is 12.4. The highest BCUT2D eigenvalue weighted by atomic mass is 35.5. The van der Waals surface area contributed by atoms with Crippen LogP contribution in [0.15, 0.2) is 0 Å². The number of halogens is 3. The standard InChI is InChI=1S/C13H24F2N2O2.ClH/c1-19-9-8-17(10-12(14)15)13(18)3-2-11-4-6-16-7-5-11;/h11-12,16H,2-10H2,1H3;1H. The number of nitrogens with one attached hydrogen (secondary N) is 1. The van der Waals surface area contributed by atoms with Gasteiger partial charge in [-0.3, -0.25) is 4.79 Å². The number of nitrogens with zero attached hydrogens (tertiary/aromatic N) is 1. The van der Waals surface area contributed by atoms with Crippen LogP contribution in [0.4, 0.5) is 8.78 Å². The third-order valence-corrected chi connectivity index (χ3v) is 3.50. The van der Waals surface area contributed by atoms with Crippen molar-refractivity contribution >= 4 is 18.3 Å². The molecular formula is C13H25ClF2N2O2. The molecule has 0 atom stereocenters. The Hall–Kier alpha value is -0.460. The minimum Gasteiger partial charge on any atom is -0.383 e. The summed E-state index contributed by atoms with van der Waals surface area (Å²) in [4.78, 5) is 13.2. The van der Waals surface area contributed by atoms with E-state index in [1.165, 1.54) is 12.0 Å². The van der Waals surface area contributed by atoms with Gasteiger partial charge in [-0.05, 0) is 38.3 Å². The molecule has 0 radical (unpaired) electrons. The van der Waals surface area contributed by atoms with Gasteiger partial charge in [0.1, 0.15) is 0 Å². The summed E-state index contributed by atoms with van der Waals surface area (Å²) < 4.78 is 29.7. The summed E-state index contributed by atoms with van der Waals surface area (Å²) in [5, 5.41) is 3.27. The number of ether oxygens (including phenoxy) is 1. The smallest absolute Gasteiger partial charge is 0.255 e. The summed E-state index contributed by atoms with van der Waals surface area (Å²) in [5.41, 5.74) is 0. The van der Waals surface area contributed by atoms with Crippen molar-refractivity contribution in [3.05, 3.63) is 0 Å². The molecule has 0 unspecified atom stereocenters. The molecule has 0 aromatic rings. The fourth-order valence-electron chi connectivity index (χ4n) is 2.34. The lowest BCUT2D eigenvalue weighted by atomic mass is 9.93. The highest BCUT2D eigenvalue weighted by molar-refractivity contribution is 5.85. The van der Waals surface area contributed by atoms with E-state index in [1.807, 2.05) is 0 Å². The van der Waals surface area contributed by atoms with Crippen LogP contribution in [-0.2, 0) is 9.53 Å². The predicted molar refractivity (Wildman–Crippen MR) is 76.5 cm³/mol. The zero-order chi connectivity index (χ0) is 14.1. The topological polar surface area (TPSA) is 41.6 Å². The molecule has 1 rings (SSSR count). The van der Waals surface area contributed by atoms with E-state index >= 15 is 0 Å². The van der Waals surface area contributed by atoms with Gasteiger partial charge < -0.3 is 15.0 Å². The Morgan fingerprint density at radius 2 is 2.05 bits per heavy atom. The highest BCUT2D eigenvalue weighted by Crippen LogP contribution is 2.18. The maximum atomic E-state index is 12.4. The zero-order valence-corrected chi connectivity index (χ0v) is 12.8. The third kappa shape index (κ3) is 7.97. The molecule has 0 aliphatic carbocycles. The van der Waals surface area contributed by atoms with E-state index in [2.05, 4.69) is 5.32 Å². The summed E-state index contributed by atoms with van der Waals surface area (Å²) >= 11 is 0. The molecule has 1 N–H and O–H groups in total. The summed E-state index contributed by atoms with van der Waals surface area (Å²) in [7, 11) is 1.50. The Labute approximate surface area is 125 Å². The normalized spacial score (nSPS) is 16.0. The van der Waals surface area contributed by atoms with Crippen LogP contribution in [0.5, 0.6) is 0 Å². The summed E-state index contributed by atoms with van der Waals surface area (Å²) in [5.74, 6) is 0.358. The molecular weight excluding hydrogens is 290 g/mol. The first-order valence-corrected chi connectivity index (χ1v) is 6.89. The van der Waals surface area contributed by atoms with E-state index in [0.717, 1.165) is 32.4 Å². The zero-order valence-electron chi connectivity index (χ0n) is 11.9. The van der Waals surface area contributed by atoms with Crippen molar-refractivity contribution in [1.82, 2.24) is 10.2 Å². The molecule has 0 saturated carbocycles. The molecule has 1 fully saturated rings. The largest absolute Gasteiger partial charge is 0.383 e. The van der Waals surface area contributed by atoms with Crippen LogP contribution >= 0.6 is 12.4 Å². The van der Waals surface area contributed by atoms with Gasteiger partial charge in [0.05, 0.1) is 13.2 Å². The predicted octanol–water partition coefficient (Wildman–Crippen LogP) is 1.93. The third-order valence-electron chi connectivity index (χ3n) is 3.50. The van der Waals surface area contributed by atoms with Gasteiger partial charge in [-0.2, -0.15) is 0 Å². The molecule has 0 bridgehead atoms. The van der Waals surface area contributed by atoms with Crippen molar-refractivity contribution in [2.24, 2.45) is 5.92 Å². The number of hydrogen-bond donors (Lipinski definition) is 1. The quantitative estimate of drug-likeness (QED) is 0.744. The van der Waals surface area contributed by atoms with Crippen LogP contribution in [0, 0.1) is 5.92 Å². The number of carbonyl (C=O) groups is 1. The van der Waals surface area contributed by atoms with Crippen molar-refractivity contribution in [3.63, 3.8) is 0 Å². The van der Waals surface area contributed by atoms with Gasteiger partial charge in [-0.15, -0.1) is 12.4 Å². The molecule has 0 aromatic heterocycles. The van der Waals surface area contributed by atoms with Crippen LogP contribution in [0.1, 0.15) is 25.7 Å². The van der Waals surface area contributed by atoms with Gasteiger partial charge in [0.2, 0.25) is 5.91 Å². The summed E-state index contributed by atoms with van der Waals surface area (Å²) in [6, 6.07) is 0.